The van der Waals surface area contributed by atoms with E-state index in [1.807, 2.05) is 47.1 Å². The predicted molar refractivity (Wildman–Crippen MR) is 217 cm³/mol. The van der Waals surface area contributed by atoms with Gasteiger partial charge in [0.15, 0.2) is 0 Å². The van der Waals surface area contributed by atoms with Crippen LogP contribution in [0.3, 0.4) is 0 Å². The second kappa shape index (κ2) is 19.3. The Morgan fingerprint density at radius 1 is 0.564 bits per heavy atom. The summed E-state index contributed by atoms with van der Waals surface area (Å²) in [6.45, 7) is 24.6. The second-order valence-corrected chi connectivity index (χ2v) is 23.5. The van der Waals surface area contributed by atoms with E-state index in [0.29, 0.717) is 37.5 Å². The number of benzene rings is 2. The topological polar surface area (TPSA) is 124 Å². The lowest BCUT2D eigenvalue weighted by Gasteiger charge is -2.46. The molecule has 0 saturated heterocycles. The molecule has 2 aromatic carbocycles. The first-order valence-corrected chi connectivity index (χ1v) is 24.0. The number of hydrogen-bond donors (Lipinski definition) is 0. The lowest BCUT2D eigenvalue weighted by molar-refractivity contribution is -0.209. The molecule has 0 atom stereocenters. The Morgan fingerprint density at radius 3 is 1.15 bits per heavy atom. The van der Waals surface area contributed by atoms with Crippen LogP contribution >= 0.6 is 0 Å². The van der Waals surface area contributed by atoms with Gasteiger partial charge in [0.05, 0.1) is 11.1 Å². The van der Waals surface area contributed by atoms with Crippen molar-refractivity contribution in [2.75, 3.05) is 0 Å². The van der Waals surface area contributed by atoms with Gasteiger partial charge in [0.25, 0.3) is 0 Å². The zero-order valence-electron chi connectivity index (χ0n) is 32.7. The molecule has 2 aliphatic rings. The van der Waals surface area contributed by atoms with Gasteiger partial charge in [0.1, 0.15) is 28.4 Å². The van der Waals surface area contributed by atoms with Gasteiger partial charge in [-0.2, -0.15) is 9.59 Å². The van der Waals surface area contributed by atoms with Crippen LogP contribution in [0.15, 0.2) is 97.6 Å². The average molecular weight is 789 g/mol. The minimum absolute atomic E-state index is 0.0142. The first kappa shape index (κ1) is 43.0. The van der Waals surface area contributed by atoms with Crippen LogP contribution in [0.2, 0.25) is 12.1 Å². The highest BCUT2D eigenvalue weighted by atomic mass is 28.3. The molecule has 2 aliphatic carbocycles. The highest BCUT2D eigenvalue weighted by Crippen LogP contribution is 2.49. The van der Waals surface area contributed by atoms with E-state index in [2.05, 4.69) is 54.0 Å². The van der Waals surface area contributed by atoms with E-state index < -0.39 is 40.4 Å². The van der Waals surface area contributed by atoms with Gasteiger partial charge in [-0.3, -0.25) is 0 Å². The zero-order chi connectivity index (χ0) is 40.2. The third kappa shape index (κ3) is 10.3. The van der Waals surface area contributed by atoms with Gasteiger partial charge in [-0.1, -0.05) is 85.1 Å². The van der Waals surface area contributed by atoms with Crippen LogP contribution in [-0.2, 0) is 29.0 Å². The van der Waals surface area contributed by atoms with Crippen molar-refractivity contribution in [3.63, 3.8) is 0 Å². The monoisotopic (exact) mass is 788 g/mol. The van der Waals surface area contributed by atoms with Gasteiger partial charge in [0, 0.05) is 0 Å². The molecule has 2 fully saturated rings. The van der Waals surface area contributed by atoms with Gasteiger partial charge < -0.3 is 9.47 Å². The zero-order valence-corrected chi connectivity index (χ0v) is 34.7. The van der Waals surface area contributed by atoms with Crippen LogP contribution in [0.1, 0.15) is 99.8 Å². The highest BCUT2D eigenvalue weighted by Gasteiger charge is 2.42. The van der Waals surface area contributed by atoms with Gasteiger partial charge in [-0.25, -0.2) is 29.1 Å². The average Bonchev–Trinajstić information content (AvgIpc) is 3.21. The maximum Gasteiger partial charge on any atom is 0.550 e. The van der Waals surface area contributed by atoms with Crippen molar-refractivity contribution in [3.8, 4) is 0 Å². The molecule has 4 rings (SSSR count). The summed E-state index contributed by atoms with van der Waals surface area (Å²) in [6, 6.07) is 15.8. The van der Waals surface area contributed by atoms with E-state index >= 15 is 0 Å². The molecule has 10 nitrogen and oxygen atoms in total. The molecule has 0 radical (unpaired) electrons. The Balaban J connectivity index is 1.14. The second-order valence-electron chi connectivity index (χ2n) is 15.2. The van der Waals surface area contributed by atoms with E-state index in [9.17, 15) is 19.2 Å². The number of rotatable bonds is 14. The SMILES string of the molecule is C=C[Si](C=C)(CC)c1ccc(C(=O)OOC(=O)OC2CCC(C(C)(C)C3CCC(OC(=O)OOC(=O)c4ccc([Si](C=C)(C=C)CC)cc4)CC3)CC2)cc1. The van der Waals surface area contributed by atoms with Crippen molar-refractivity contribution in [3.05, 3.63) is 109 Å². The summed E-state index contributed by atoms with van der Waals surface area (Å²) in [7, 11) is -4.07. The molecule has 0 bridgehead atoms. The quantitative estimate of drug-likeness (QED) is 0.0792. The molecule has 0 heterocycles. The van der Waals surface area contributed by atoms with Crippen molar-refractivity contribution in [2.45, 2.75) is 103 Å². The fraction of sp³-hybridized carbons (Fsp3) is 0.442. The molecule has 0 unspecified atom stereocenters. The lowest BCUT2D eigenvalue weighted by Crippen LogP contribution is -2.43. The standard InChI is InChI=1S/C43H56O10Si2/c1-9-54(10-2,11-3)37-27-15-31(16-28-37)39(44)50-52-41(46)48-35-23-19-33(20-24-35)43(7,8)34-21-25-36(26-22-34)49-42(47)53-51-40(45)32-17-29-38(30-18-32)55(12-4,13-5)14-6/h9-10,12-13,15-18,27-30,33-36H,1-2,4-5,11,14,19-26H2,3,6-8H3. The molecule has 0 amide bonds. The van der Waals surface area contributed by atoms with Crippen LogP contribution in [-0.4, -0.2) is 52.6 Å². The maximum absolute atomic E-state index is 12.5. The van der Waals surface area contributed by atoms with E-state index in [1.54, 1.807) is 24.3 Å². The summed E-state index contributed by atoms with van der Waals surface area (Å²) in [5, 5.41) is 2.15. The Morgan fingerprint density at radius 2 is 0.873 bits per heavy atom. The van der Waals surface area contributed by atoms with E-state index in [-0.39, 0.29) is 28.7 Å². The normalized spacial score (nSPS) is 20.1. The molecule has 0 aromatic heterocycles. The Bertz CT molecular complexity index is 1550. The molecule has 55 heavy (non-hydrogen) atoms. The molecule has 296 valence electrons. The summed E-state index contributed by atoms with van der Waals surface area (Å²) in [5.74, 6) is -0.748. The van der Waals surface area contributed by atoms with Crippen molar-refractivity contribution >= 4 is 50.8 Å². The fourth-order valence-electron chi connectivity index (χ4n) is 8.19. The Hall–Kier alpha value is -4.69. The molecule has 0 spiro atoms. The molecule has 0 N–H and O–H groups in total. The molecule has 0 aliphatic heterocycles. The van der Waals surface area contributed by atoms with Crippen LogP contribution in [0.4, 0.5) is 9.59 Å². The van der Waals surface area contributed by atoms with E-state index in [4.69, 9.17) is 29.0 Å². The third-order valence-corrected chi connectivity index (χ3v) is 20.4. The Labute approximate surface area is 327 Å². The molecular formula is C43H56O10Si2. The van der Waals surface area contributed by atoms with Crippen molar-refractivity contribution in [2.24, 2.45) is 17.3 Å². The highest BCUT2D eigenvalue weighted by molar-refractivity contribution is 7.00. The molecule has 2 saturated carbocycles. The van der Waals surface area contributed by atoms with Crippen molar-refractivity contribution in [1.29, 1.82) is 0 Å². The first-order chi connectivity index (χ1) is 26.3. The summed E-state index contributed by atoms with van der Waals surface area (Å²) in [5.41, 5.74) is 8.36. The summed E-state index contributed by atoms with van der Waals surface area (Å²) in [6.07, 6.45) is 3.43. The first-order valence-electron chi connectivity index (χ1n) is 19.2. The predicted octanol–water partition coefficient (Wildman–Crippen LogP) is 9.23. The lowest BCUT2D eigenvalue weighted by atomic mass is 9.60. The van der Waals surface area contributed by atoms with Crippen LogP contribution < -0.4 is 10.4 Å². The summed E-state index contributed by atoms with van der Waals surface area (Å²) < 4.78 is 11.0. The number of carbonyl (C=O) groups is 4. The fourth-order valence-corrected chi connectivity index (χ4v) is 13.0. The molecular weight excluding hydrogens is 733 g/mol. The summed E-state index contributed by atoms with van der Waals surface area (Å²) >= 11 is 0. The van der Waals surface area contributed by atoms with E-state index in [1.165, 1.54) is 0 Å². The van der Waals surface area contributed by atoms with Gasteiger partial charge in [-0.15, -0.1) is 26.3 Å². The van der Waals surface area contributed by atoms with Gasteiger partial charge >= 0.3 is 24.2 Å². The van der Waals surface area contributed by atoms with E-state index in [0.717, 1.165) is 48.1 Å². The Kier molecular flexibility index (Phi) is 15.1. The van der Waals surface area contributed by atoms with Gasteiger partial charge in [0.2, 0.25) is 0 Å². The van der Waals surface area contributed by atoms with Crippen LogP contribution in [0, 0.1) is 17.3 Å². The summed E-state index contributed by atoms with van der Waals surface area (Å²) in [4.78, 5) is 68.8. The largest absolute Gasteiger partial charge is 0.550 e. The smallest absolute Gasteiger partial charge is 0.428 e. The number of carbonyl (C=O) groups excluding carboxylic acids is 4. The third-order valence-electron chi connectivity index (χ3n) is 12.3. The van der Waals surface area contributed by atoms with Crippen molar-refractivity contribution < 1.29 is 48.2 Å². The van der Waals surface area contributed by atoms with Crippen LogP contribution in [0.25, 0.3) is 0 Å². The van der Waals surface area contributed by atoms with Gasteiger partial charge in [-0.05, 0) is 105 Å². The number of hydrogen-bond acceptors (Lipinski definition) is 10. The van der Waals surface area contributed by atoms with Crippen LogP contribution in [0.5, 0.6) is 0 Å². The minimum atomic E-state index is -2.03. The minimum Gasteiger partial charge on any atom is -0.428 e. The maximum atomic E-state index is 12.5. The molecule has 12 heteroatoms. The number of ether oxygens (including phenoxy) is 2. The van der Waals surface area contributed by atoms with Crippen molar-refractivity contribution in [1.82, 2.24) is 0 Å². The molecule has 2 aromatic rings.